The van der Waals surface area contributed by atoms with Crippen LogP contribution < -0.4 is 0 Å². The second-order valence-electron chi connectivity index (χ2n) is 4.12. The Kier molecular flexibility index (Phi) is 2.33. The van der Waals surface area contributed by atoms with Crippen molar-refractivity contribution in [1.29, 1.82) is 5.41 Å². The predicted molar refractivity (Wildman–Crippen MR) is 50.5 cm³/mol. The summed E-state index contributed by atoms with van der Waals surface area (Å²) in [6.07, 6.45) is 7.89. The maximum absolute atomic E-state index is 7.63. The van der Waals surface area contributed by atoms with Gasteiger partial charge in [-0.25, -0.2) is 0 Å². The number of likely N-dealkylation sites (tertiary alicyclic amines) is 1. The van der Waals surface area contributed by atoms with Crippen LogP contribution in [0.15, 0.2) is 0 Å². The van der Waals surface area contributed by atoms with E-state index in [-0.39, 0.29) is 0 Å². The van der Waals surface area contributed by atoms with E-state index in [4.69, 9.17) is 5.41 Å². The molecule has 0 aromatic rings. The lowest BCUT2D eigenvalue weighted by Gasteiger charge is -2.16. The molecule has 0 radical (unpaired) electrons. The zero-order valence-corrected chi connectivity index (χ0v) is 7.68. The van der Waals surface area contributed by atoms with Crippen molar-refractivity contribution in [3.8, 4) is 0 Å². The Morgan fingerprint density at radius 2 is 2.25 bits per heavy atom. The minimum absolute atomic E-state index is 0.880. The van der Waals surface area contributed by atoms with Crippen LogP contribution in [0.3, 0.4) is 0 Å². The second-order valence-corrected chi connectivity index (χ2v) is 4.12. The van der Waals surface area contributed by atoms with Crippen LogP contribution in [0.5, 0.6) is 0 Å². The van der Waals surface area contributed by atoms with E-state index in [2.05, 4.69) is 4.90 Å². The van der Waals surface area contributed by atoms with E-state index in [1.54, 1.807) is 0 Å². The molecule has 2 fully saturated rings. The SMILES string of the molecule is N=C1CCCN1CCCC1CC1. The van der Waals surface area contributed by atoms with Gasteiger partial charge in [-0.15, -0.1) is 0 Å². The summed E-state index contributed by atoms with van der Waals surface area (Å²) in [7, 11) is 0. The van der Waals surface area contributed by atoms with Crippen LogP contribution in [0, 0.1) is 11.3 Å². The zero-order chi connectivity index (χ0) is 8.39. The van der Waals surface area contributed by atoms with Gasteiger partial charge in [-0.2, -0.15) is 0 Å². The summed E-state index contributed by atoms with van der Waals surface area (Å²) in [5.41, 5.74) is 0. The van der Waals surface area contributed by atoms with Gasteiger partial charge in [0.05, 0.1) is 5.84 Å². The topological polar surface area (TPSA) is 27.1 Å². The van der Waals surface area contributed by atoms with E-state index in [0.717, 1.165) is 31.3 Å². The fourth-order valence-corrected chi connectivity index (χ4v) is 1.95. The molecule has 2 heteroatoms. The molecule has 0 spiro atoms. The average Bonchev–Trinajstić information content (AvgIpc) is 2.78. The normalized spacial score (nSPS) is 23.7. The number of hydrogen-bond acceptors (Lipinski definition) is 1. The van der Waals surface area contributed by atoms with Gasteiger partial charge in [0.25, 0.3) is 0 Å². The summed E-state index contributed by atoms with van der Waals surface area (Å²) >= 11 is 0. The minimum atomic E-state index is 0.880. The van der Waals surface area contributed by atoms with Gasteiger partial charge in [0.1, 0.15) is 0 Å². The first-order chi connectivity index (χ1) is 5.86. The number of nitrogens with one attached hydrogen (secondary N) is 1. The Bertz CT molecular complexity index is 173. The Morgan fingerprint density at radius 3 is 2.83 bits per heavy atom. The fraction of sp³-hybridized carbons (Fsp3) is 0.900. The monoisotopic (exact) mass is 166 g/mol. The van der Waals surface area contributed by atoms with Crippen molar-refractivity contribution in [3.63, 3.8) is 0 Å². The molecule has 0 bridgehead atoms. The molecule has 2 nitrogen and oxygen atoms in total. The molecule has 12 heavy (non-hydrogen) atoms. The highest BCUT2D eigenvalue weighted by molar-refractivity contribution is 5.80. The van der Waals surface area contributed by atoms with Crippen molar-refractivity contribution in [2.24, 2.45) is 5.92 Å². The van der Waals surface area contributed by atoms with Crippen LogP contribution in [-0.4, -0.2) is 23.8 Å². The molecule has 1 saturated carbocycles. The Hall–Kier alpha value is -0.530. The van der Waals surface area contributed by atoms with Gasteiger partial charge in [0.15, 0.2) is 0 Å². The maximum atomic E-state index is 7.63. The first-order valence-electron chi connectivity index (χ1n) is 5.18. The molecule has 0 aromatic carbocycles. The highest BCUT2D eigenvalue weighted by Crippen LogP contribution is 2.33. The van der Waals surface area contributed by atoms with Crippen molar-refractivity contribution < 1.29 is 0 Å². The quantitative estimate of drug-likeness (QED) is 0.681. The van der Waals surface area contributed by atoms with Gasteiger partial charge in [-0.3, -0.25) is 5.41 Å². The van der Waals surface area contributed by atoms with Crippen molar-refractivity contribution in [2.75, 3.05) is 13.1 Å². The highest BCUT2D eigenvalue weighted by Gasteiger charge is 2.22. The van der Waals surface area contributed by atoms with E-state index in [9.17, 15) is 0 Å². The van der Waals surface area contributed by atoms with Gasteiger partial charge >= 0.3 is 0 Å². The van der Waals surface area contributed by atoms with Crippen molar-refractivity contribution >= 4 is 5.84 Å². The summed E-state index contributed by atoms with van der Waals surface area (Å²) in [6.45, 7) is 2.29. The van der Waals surface area contributed by atoms with E-state index >= 15 is 0 Å². The van der Waals surface area contributed by atoms with Crippen LogP contribution in [0.4, 0.5) is 0 Å². The van der Waals surface area contributed by atoms with E-state index in [0.29, 0.717) is 0 Å². The number of nitrogens with zero attached hydrogens (tertiary/aromatic N) is 1. The van der Waals surface area contributed by atoms with E-state index in [1.165, 1.54) is 32.1 Å². The van der Waals surface area contributed by atoms with Gasteiger partial charge in [-0.05, 0) is 25.2 Å². The number of rotatable bonds is 4. The van der Waals surface area contributed by atoms with Gasteiger partial charge in [0, 0.05) is 19.5 Å². The molecule has 0 aromatic heterocycles. The van der Waals surface area contributed by atoms with Crippen LogP contribution >= 0.6 is 0 Å². The van der Waals surface area contributed by atoms with Crippen LogP contribution in [0.2, 0.25) is 0 Å². The molecular formula is C10H18N2. The van der Waals surface area contributed by atoms with Crippen molar-refractivity contribution in [1.82, 2.24) is 4.90 Å². The van der Waals surface area contributed by atoms with Crippen LogP contribution in [-0.2, 0) is 0 Å². The minimum Gasteiger partial charge on any atom is -0.361 e. The smallest absolute Gasteiger partial charge is 0.0958 e. The standard InChI is InChI=1S/C10H18N2/c11-10-4-2-8-12(10)7-1-3-9-5-6-9/h9,11H,1-8H2. The maximum Gasteiger partial charge on any atom is 0.0958 e. The third kappa shape index (κ3) is 1.99. The molecule has 0 unspecified atom stereocenters. The average molecular weight is 166 g/mol. The molecule has 1 aliphatic carbocycles. The zero-order valence-electron chi connectivity index (χ0n) is 7.68. The molecule has 68 valence electrons. The second kappa shape index (κ2) is 3.46. The van der Waals surface area contributed by atoms with Gasteiger partial charge in [0.2, 0.25) is 0 Å². The summed E-state index contributed by atoms with van der Waals surface area (Å²) in [5, 5.41) is 7.63. The lowest BCUT2D eigenvalue weighted by Crippen LogP contribution is -2.25. The van der Waals surface area contributed by atoms with Crippen molar-refractivity contribution in [2.45, 2.75) is 38.5 Å². The van der Waals surface area contributed by atoms with Gasteiger partial charge < -0.3 is 4.90 Å². The summed E-state index contributed by atoms with van der Waals surface area (Å²) in [4.78, 5) is 2.25. The molecule has 1 N–H and O–H groups in total. The molecule has 2 rings (SSSR count). The van der Waals surface area contributed by atoms with E-state index < -0.39 is 0 Å². The lowest BCUT2D eigenvalue weighted by atomic mass is 10.2. The molecule has 1 saturated heterocycles. The Labute approximate surface area is 74.5 Å². The van der Waals surface area contributed by atoms with Crippen molar-refractivity contribution in [3.05, 3.63) is 0 Å². The molecule has 0 amide bonds. The fourth-order valence-electron chi connectivity index (χ4n) is 1.95. The van der Waals surface area contributed by atoms with E-state index in [1.807, 2.05) is 0 Å². The molecule has 0 atom stereocenters. The Balaban J connectivity index is 1.61. The summed E-state index contributed by atoms with van der Waals surface area (Å²) in [6, 6.07) is 0. The molecule has 2 aliphatic rings. The molecular weight excluding hydrogens is 148 g/mol. The first-order valence-corrected chi connectivity index (χ1v) is 5.18. The highest BCUT2D eigenvalue weighted by atomic mass is 15.2. The summed E-state index contributed by atoms with van der Waals surface area (Å²) in [5.74, 6) is 1.94. The lowest BCUT2D eigenvalue weighted by molar-refractivity contribution is 0.426. The van der Waals surface area contributed by atoms with Crippen LogP contribution in [0.25, 0.3) is 0 Å². The molecule has 1 heterocycles. The Morgan fingerprint density at radius 1 is 1.42 bits per heavy atom. The largest absolute Gasteiger partial charge is 0.361 e. The van der Waals surface area contributed by atoms with Gasteiger partial charge in [-0.1, -0.05) is 12.8 Å². The first kappa shape index (κ1) is 8.09. The number of amidine groups is 1. The predicted octanol–water partition coefficient (Wildman–Crippen LogP) is 2.25. The summed E-state index contributed by atoms with van der Waals surface area (Å²) < 4.78 is 0. The van der Waals surface area contributed by atoms with Crippen LogP contribution in [0.1, 0.15) is 38.5 Å². The third-order valence-corrected chi connectivity index (χ3v) is 2.96. The molecule has 1 aliphatic heterocycles. The third-order valence-electron chi connectivity index (χ3n) is 2.96. The number of hydrogen-bond donors (Lipinski definition) is 1.